The van der Waals surface area contributed by atoms with E-state index in [1.54, 1.807) is 7.11 Å². The van der Waals surface area contributed by atoms with Gasteiger partial charge in [0.1, 0.15) is 5.75 Å². The van der Waals surface area contributed by atoms with Gasteiger partial charge in [-0.3, -0.25) is 4.99 Å². The second-order valence-electron chi connectivity index (χ2n) is 8.17. The van der Waals surface area contributed by atoms with Crippen molar-refractivity contribution in [2.24, 2.45) is 4.99 Å². The number of ether oxygens (including phenoxy) is 2. The molecule has 0 aliphatic carbocycles. The van der Waals surface area contributed by atoms with Gasteiger partial charge in [0.2, 0.25) is 0 Å². The van der Waals surface area contributed by atoms with Crippen LogP contribution in [0.5, 0.6) is 5.75 Å². The van der Waals surface area contributed by atoms with Crippen LogP contribution in [-0.2, 0) is 4.74 Å². The van der Waals surface area contributed by atoms with E-state index in [2.05, 4.69) is 53.6 Å². The van der Waals surface area contributed by atoms with Crippen molar-refractivity contribution in [2.45, 2.75) is 37.8 Å². The molecule has 0 aromatic heterocycles. The molecule has 3 rings (SSSR count). The maximum atomic E-state index is 5.59. The van der Waals surface area contributed by atoms with E-state index in [1.165, 1.54) is 0 Å². The van der Waals surface area contributed by atoms with Crippen LogP contribution in [0, 0.1) is 0 Å². The third-order valence-electron chi connectivity index (χ3n) is 6.20. The van der Waals surface area contributed by atoms with Gasteiger partial charge in [0.15, 0.2) is 5.96 Å². The first-order valence-corrected chi connectivity index (χ1v) is 10.8. The fourth-order valence-corrected chi connectivity index (χ4v) is 4.23. The van der Waals surface area contributed by atoms with Gasteiger partial charge in [-0.15, -0.1) is 0 Å². The highest BCUT2D eigenvalue weighted by Crippen LogP contribution is 2.30. The number of aliphatic imine (C=N–C) groups is 1. The van der Waals surface area contributed by atoms with Crippen LogP contribution in [-0.4, -0.2) is 83.0 Å². The highest BCUT2D eigenvalue weighted by Gasteiger charge is 2.35. The van der Waals surface area contributed by atoms with Gasteiger partial charge in [0, 0.05) is 44.4 Å². The Labute approximate surface area is 175 Å². The van der Waals surface area contributed by atoms with Crippen molar-refractivity contribution < 1.29 is 9.47 Å². The Morgan fingerprint density at radius 3 is 2.76 bits per heavy atom. The SMILES string of the molecule is CCNC(=NCC1(N(C)C)CCOCC1)NC1CCN(c2ccccc2OC)C1. The normalized spacial score (nSPS) is 22.0. The summed E-state index contributed by atoms with van der Waals surface area (Å²) in [5, 5.41) is 7.08. The summed E-state index contributed by atoms with van der Waals surface area (Å²) in [5.74, 6) is 1.84. The van der Waals surface area contributed by atoms with E-state index in [9.17, 15) is 0 Å². The van der Waals surface area contributed by atoms with Crippen LogP contribution in [0.3, 0.4) is 0 Å². The molecule has 2 N–H and O–H groups in total. The Kier molecular flexibility index (Phi) is 7.61. The average Bonchev–Trinajstić information content (AvgIpc) is 3.21. The molecule has 2 heterocycles. The molecule has 2 aliphatic rings. The lowest BCUT2D eigenvalue weighted by molar-refractivity contribution is -0.00255. The standard InChI is InChI=1S/C22H37N5O2/c1-5-23-21(24-17-22(26(2)3)11-14-29-15-12-22)25-18-10-13-27(16-18)19-8-6-7-9-20(19)28-4/h6-9,18H,5,10-17H2,1-4H3,(H2,23,24,25). The molecule has 162 valence electrons. The molecule has 0 spiro atoms. The van der Waals surface area contributed by atoms with Gasteiger partial charge in [-0.25, -0.2) is 0 Å². The van der Waals surface area contributed by atoms with E-state index in [0.29, 0.717) is 6.04 Å². The number of methoxy groups -OCH3 is 1. The predicted octanol–water partition coefficient (Wildman–Crippen LogP) is 1.94. The minimum absolute atomic E-state index is 0.0831. The Morgan fingerprint density at radius 2 is 2.07 bits per heavy atom. The molecule has 1 aromatic rings. The van der Waals surface area contributed by atoms with Crippen molar-refractivity contribution in [3.63, 3.8) is 0 Å². The van der Waals surface area contributed by atoms with Crippen molar-refractivity contribution in [3.8, 4) is 5.75 Å². The monoisotopic (exact) mass is 403 g/mol. The van der Waals surface area contributed by atoms with Gasteiger partial charge in [0.05, 0.1) is 19.3 Å². The van der Waals surface area contributed by atoms with Crippen molar-refractivity contribution >= 4 is 11.6 Å². The quantitative estimate of drug-likeness (QED) is 0.536. The molecule has 2 fully saturated rings. The zero-order chi connectivity index (χ0) is 20.7. The van der Waals surface area contributed by atoms with Crippen LogP contribution in [0.25, 0.3) is 0 Å². The first-order valence-electron chi connectivity index (χ1n) is 10.8. The van der Waals surface area contributed by atoms with Gasteiger partial charge in [-0.05, 0) is 52.4 Å². The van der Waals surface area contributed by atoms with Crippen LogP contribution in [0.4, 0.5) is 5.69 Å². The van der Waals surface area contributed by atoms with Gasteiger partial charge in [0.25, 0.3) is 0 Å². The highest BCUT2D eigenvalue weighted by atomic mass is 16.5. The smallest absolute Gasteiger partial charge is 0.191 e. The average molecular weight is 404 g/mol. The summed E-state index contributed by atoms with van der Waals surface area (Å²) >= 11 is 0. The number of benzene rings is 1. The number of anilines is 1. The van der Waals surface area contributed by atoms with E-state index >= 15 is 0 Å². The molecule has 2 aliphatic heterocycles. The lowest BCUT2D eigenvalue weighted by Gasteiger charge is -2.41. The zero-order valence-electron chi connectivity index (χ0n) is 18.4. The molecule has 1 unspecified atom stereocenters. The Bertz CT molecular complexity index is 673. The molecule has 0 saturated carbocycles. The largest absolute Gasteiger partial charge is 0.495 e. The van der Waals surface area contributed by atoms with Crippen LogP contribution >= 0.6 is 0 Å². The number of para-hydroxylation sites is 2. The Morgan fingerprint density at radius 1 is 1.31 bits per heavy atom. The maximum absolute atomic E-state index is 5.59. The summed E-state index contributed by atoms with van der Waals surface area (Å²) < 4.78 is 11.1. The molecule has 2 saturated heterocycles. The second-order valence-corrected chi connectivity index (χ2v) is 8.17. The summed E-state index contributed by atoms with van der Waals surface area (Å²) in [4.78, 5) is 9.69. The van der Waals surface area contributed by atoms with Crippen molar-refractivity contribution in [1.29, 1.82) is 0 Å². The third-order valence-corrected chi connectivity index (χ3v) is 6.20. The first-order chi connectivity index (χ1) is 14.1. The van der Waals surface area contributed by atoms with Gasteiger partial charge >= 0.3 is 0 Å². The Hall–Kier alpha value is -1.99. The van der Waals surface area contributed by atoms with Crippen LogP contribution in [0.1, 0.15) is 26.2 Å². The van der Waals surface area contributed by atoms with Crippen LogP contribution in [0.15, 0.2) is 29.3 Å². The highest BCUT2D eigenvalue weighted by molar-refractivity contribution is 5.80. The number of rotatable bonds is 7. The summed E-state index contributed by atoms with van der Waals surface area (Å²) in [7, 11) is 6.05. The molecule has 7 heteroatoms. The van der Waals surface area contributed by atoms with E-state index in [4.69, 9.17) is 14.5 Å². The molecule has 0 amide bonds. The fraction of sp³-hybridized carbons (Fsp3) is 0.682. The number of hydrogen-bond donors (Lipinski definition) is 2. The third kappa shape index (κ3) is 5.34. The molecule has 0 radical (unpaired) electrons. The van der Waals surface area contributed by atoms with E-state index in [0.717, 1.165) is 76.1 Å². The van der Waals surface area contributed by atoms with Gasteiger partial charge < -0.3 is 29.9 Å². The number of nitrogens with one attached hydrogen (secondary N) is 2. The lowest BCUT2D eigenvalue weighted by Crippen LogP contribution is -2.52. The summed E-state index contributed by atoms with van der Waals surface area (Å²) in [6.07, 6.45) is 3.12. The lowest BCUT2D eigenvalue weighted by atomic mass is 9.89. The topological polar surface area (TPSA) is 61.4 Å². The van der Waals surface area contributed by atoms with Crippen LogP contribution in [0.2, 0.25) is 0 Å². The van der Waals surface area contributed by atoms with Gasteiger partial charge in [-0.1, -0.05) is 12.1 Å². The molecule has 29 heavy (non-hydrogen) atoms. The first kappa shape index (κ1) is 21.7. The van der Waals surface area contributed by atoms with Crippen LogP contribution < -0.4 is 20.3 Å². The molecular weight excluding hydrogens is 366 g/mol. The summed E-state index contributed by atoms with van der Waals surface area (Å²) in [5.41, 5.74) is 1.25. The van der Waals surface area contributed by atoms with E-state index in [1.807, 2.05) is 12.1 Å². The molecule has 0 bridgehead atoms. The molecular formula is C22H37N5O2. The molecule has 1 aromatic carbocycles. The minimum Gasteiger partial charge on any atom is -0.495 e. The minimum atomic E-state index is 0.0831. The van der Waals surface area contributed by atoms with Crippen molar-refractivity contribution in [3.05, 3.63) is 24.3 Å². The molecule has 1 atom stereocenters. The predicted molar refractivity (Wildman–Crippen MR) is 119 cm³/mol. The van der Waals surface area contributed by atoms with Gasteiger partial charge in [-0.2, -0.15) is 0 Å². The Balaban J connectivity index is 1.64. The van der Waals surface area contributed by atoms with Crippen molar-refractivity contribution in [2.75, 3.05) is 65.5 Å². The molecule has 7 nitrogen and oxygen atoms in total. The fourth-order valence-electron chi connectivity index (χ4n) is 4.23. The number of guanidine groups is 1. The second kappa shape index (κ2) is 10.2. The van der Waals surface area contributed by atoms with E-state index in [-0.39, 0.29) is 5.54 Å². The number of nitrogens with zero attached hydrogens (tertiary/aromatic N) is 3. The van der Waals surface area contributed by atoms with Crippen molar-refractivity contribution in [1.82, 2.24) is 15.5 Å². The summed E-state index contributed by atoms with van der Waals surface area (Å²) in [6, 6.07) is 8.60. The zero-order valence-corrected chi connectivity index (χ0v) is 18.4. The number of hydrogen-bond acceptors (Lipinski definition) is 5. The number of likely N-dealkylation sites (N-methyl/N-ethyl adjacent to an activating group) is 1. The summed E-state index contributed by atoms with van der Waals surface area (Å²) in [6.45, 7) is 7.33. The maximum Gasteiger partial charge on any atom is 0.191 e. The van der Waals surface area contributed by atoms with E-state index < -0.39 is 0 Å².